The molecule has 1 saturated heterocycles. The molecule has 5 nitrogen and oxygen atoms in total. The van der Waals surface area contributed by atoms with Gasteiger partial charge in [0, 0.05) is 18.5 Å². The molecule has 1 aliphatic heterocycles. The molecule has 0 radical (unpaired) electrons. The fraction of sp³-hybridized carbons (Fsp3) is 0.308. The van der Waals surface area contributed by atoms with Crippen LogP contribution in [-0.2, 0) is 16.1 Å². The Kier molecular flexibility index (Phi) is 3.88. The number of nitrogens with zero attached hydrogens (tertiary/aromatic N) is 1. The highest BCUT2D eigenvalue weighted by Gasteiger charge is 2.25. The molecule has 0 spiro atoms. The molecule has 2 rings (SSSR count). The number of imide groups is 1. The zero-order valence-corrected chi connectivity index (χ0v) is 10.1. The lowest BCUT2D eigenvalue weighted by Crippen LogP contribution is -2.50. The summed E-state index contributed by atoms with van der Waals surface area (Å²) < 4.78 is 13.6. The number of hydrogen-bond acceptors (Lipinski definition) is 4. The molecule has 98 valence electrons. The molecule has 1 aromatic rings. The Hall–Kier alpha value is -2.26. The molecule has 2 amide bonds. The predicted octanol–water partition coefficient (Wildman–Crippen LogP) is 0.592. The molecular formula is C13H12FN3O2. The summed E-state index contributed by atoms with van der Waals surface area (Å²) in [6.07, 6.45) is 0.682. The average Bonchev–Trinajstić information content (AvgIpc) is 2.39. The van der Waals surface area contributed by atoms with Crippen molar-refractivity contribution in [1.82, 2.24) is 10.6 Å². The van der Waals surface area contributed by atoms with Crippen molar-refractivity contribution in [1.29, 1.82) is 5.26 Å². The van der Waals surface area contributed by atoms with Crippen molar-refractivity contribution in [2.45, 2.75) is 25.4 Å². The number of amides is 2. The molecule has 0 bridgehead atoms. The van der Waals surface area contributed by atoms with E-state index in [0.717, 1.165) is 6.07 Å². The number of benzene rings is 1. The van der Waals surface area contributed by atoms with Crippen molar-refractivity contribution in [2.75, 3.05) is 0 Å². The van der Waals surface area contributed by atoms with Gasteiger partial charge in [-0.25, -0.2) is 4.39 Å². The third-order valence-corrected chi connectivity index (χ3v) is 2.96. The van der Waals surface area contributed by atoms with E-state index in [2.05, 4.69) is 10.6 Å². The van der Waals surface area contributed by atoms with Gasteiger partial charge in [-0.2, -0.15) is 5.26 Å². The first kappa shape index (κ1) is 13.2. The van der Waals surface area contributed by atoms with Crippen LogP contribution in [0.15, 0.2) is 18.2 Å². The second-order valence-electron chi connectivity index (χ2n) is 4.30. The third-order valence-electron chi connectivity index (χ3n) is 2.96. The van der Waals surface area contributed by atoms with E-state index in [-0.39, 0.29) is 30.3 Å². The van der Waals surface area contributed by atoms with Crippen LogP contribution in [0.4, 0.5) is 4.39 Å². The normalized spacial score (nSPS) is 18.8. The van der Waals surface area contributed by atoms with Crippen LogP contribution in [0.2, 0.25) is 0 Å². The smallest absolute Gasteiger partial charge is 0.243 e. The predicted molar refractivity (Wildman–Crippen MR) is 64.1 cm³/mol. The second-order valence-corrected chi connectivity index (χ2v) is 4.30. The summed E-state index contributed by atoms with van der Waals surface area (Å²) in [4.78, 5) is 22.4. The minimum Gasteiger partial charge on any atom is -0.302 e. The van der Waals surface area contributed by atoms with Crippen LogP contribution in [0.3, 0.4) is 0 Å². The minimum absolute atomic E-state index is 0.170. The van der Waals surface area contributed by atoms with Crippen LogP contribution in [0.1, 0.15) is 24.0 Å². The Morgan fingerprint density at radius 1 is 1.47 bits per heavy atom. The van der Waals surface area contributed by atoms with Gasteiger partial charge in [0.15, 0.2) is 0 Å². The summed E-state index contributed by atoms with van der Waals surface area (Å²) in [5.41, 5.74) is 0.631. The van der Waals surface area contributed by atoms with E-state index in [1.165, 1.54) is 12.1 Å². The Labute approximate surface area is 109 Å². The molecular weight excluding hydrogens is 249 g/mol. The van der Waals surface area contributed by atoms with E-state index >= 15 is 0 Å². The maximum Gasteiger partial charge on any atom is 0.243 e. The van der Waals surface area contributed by atoms with Crippen LogP contribution in [0, 0.1) is 17.1 Å². The lowest BCUT2D eigenvalue weighted by atomic mass is 10.1. The molecule has 1 atom stereocenters. The second kappa shape index (κ2) is 5.59. The van der Waals surface area contributed by atoms with Gasteiger partial charge in [-0.1, -0.05) is 6.07 Å². The number of carbonyl (C=O) groups excluding carboxylic acids is 2. The van der Waals surface area contributed by atoms with Crippen LogP contribution < -0.4 is 10.6 Å². The molecule has 0 aromatic heterocycles. The first-order valence-electron chi connectivity index (χ1n) is 5.86. The molecule has 0 aliphatic carbocycles. The van der Waals surface area contributed by atoms with Gasteiger partial charge in [0.25, 0.3) is 0 Å². The van der Waals surface area contributed by atoms with Crippen molar-refractivity contribution < 1.29 is 14.0 Å². The van der Waals surface area contributed by atoms with E-state index in [0.29, 0.717) is 12.0 Å². The van der Waals surface area contributed by atoms with Gasteiger partial charge < -0.3 is 5.32 Å². The molecule has 1 heterocycles. The number of carbonyl (C=O) groups is 2. The number of rotatable bonds is 3. The van der Waals surface area contributed by atoms with Gasteiger partial charge in [0.1, 0.15) is 5.82 Å². The molecule has 6 heteroatoms. The van der Waals surface area contributed by atoms with Crippen molar-refractivity contribution >= 4 is 11.8 Å². The monoisotopic (exact) mass is 261 g/mol. The molecule has 1 aliphatic rings. The molecule has 2 N–H and O–H groups in total. The van der Waals surface area contributed by atoms with Crippen molar-refractivity contribution in [3.8, 4) is 6.07 Å². The van der Waals surface area contributed by atoms with E-state index in [4.69, 9.17) is 5.26 Å². The van der Waals surface area contributed by atoms with Crippen molar-refractivity contribution in [2.24, 2.45) is 0 Å². The Morgan fingerprint density at radius 3 is 2.89 bits per heavy atom. The highest BCUT2D eigenvalue weighted by atomic mass is 19.1. The summed E-state index contributed by atoms with van der Waals surface area (Å²) in [6, 6.07) is 5.54. The average molecular weight is 261 g/mol. The van der Waals surface area contributed by atoms with Crippen molar-refractivity contribution in [3.05, 3.63) is 35.1 Å². The lowest BCUT2D eigenvalue weighted by molar-refractivity contribution is -0.134. The number of hydrogen-bond donors (Lipinski definition) is 2. The summed E-state index contributed by atoms with van der Waals surface area (Å²) in [5, 5.41) is 13.7. The zero-order chi connectivity index (χ0) is 13.8. The van der Waals surface area contributed by atoms with Gasteiger partial charge in [0.2, 0.25) is 11.8 Å². The highest BCUT2D eigenvalue weighted by Crippen LogP contribution is 2.11. The van der Waals surface area contributed by atoms with Gasteiger partial charge >= 0.3 is 0 Å². The van der Waals surface area contributed by atoms with Gasteiger partial charge in [-0.15, -0.1) is 0 Å². The summed E-state index contributed by atoms with van der Waals surface area (Å²) in [7, 11) is 0. The lowest BCUT2D eigenvalue weighted by Gasteiger charge is -2.22. The fourth-order valence-corrected chi connectivity index (χ4v) is 1.88. The van der Waals surface area contributed by atoms with E-state index < -0.39 is 11.9 Å². The first-order valence-corrected chi connectivity index (χ1v) is 5.86. The van der Waals surface area contributed by atoms with Crippen LogP contribution >= 0.6 is 0 Å². The number of piperidine rings is 1. The highest BCUT2D eigenvalue weighted by molar-refractivity contribution is 6.00. The Morgan fingerprint density at radius 2 is 2.26 bits per heavy atom. The van der Waals surface area contributed by atoms with E-state index in [1.54, 1.807) is 0 Å². The molecule has 1 fully saturated rings. The standard InChI is InChI=1S/C13H12FN3O2/c14-10-5-8(6-15)1-2-9(10)7-16-11-3-4-12(18)17-13(11)19/h1-2,5,11,16H,3-4,7H2,(H,17,18,19). The molecule has 19 heavy (non-hydrogen) atoms. The Bertz CT molecular complexity index is 565. The molecule has 1 unspecified atom stereocenters. The van der Waals surface area contributed by atoms with E-state index in [1.807, 2.05) is 6.07 Å². The summed E-state index contributed by atoms with van der Waals surface area (Å²) >= 11 is 0. The quantitative estimate of drug-likeness (QED) is 0.780. The zero-order valence-electron chi connectivity index (χ0n) is 10.1. The largest absolute Gasteiger partial charge is 0.302 e. The van der Waals surface area contributed by atoms with E-state index in [9.17, 15) is 14.0 Å². The summed E-state index contributed by atoms with van der Waals surface area (Å²) in [5.74, 6) is -1.16. The number of nitrogens with one attached hydrogen (secondary N) is 2. The molecule has 0 saturated carbocycles. The number of halogens is 1. The minimum atomic E-state index is -0.493. The fourth-order valence-electron chi connectivity index (χ4n) is 1.88. The number of nitriles is 1. The maximum absolute atomic E-state index is 13.6. The molecule has 1 aromatic carbocycles. The van der Waals surface area contributed by atoms with Gasteiger partial charge in [-0.05, 0) is 18.6 Å². The Balaban J connectivity index is 1.97. The van der Waals surface area contributed by atoms with Crippen LogP contribution in [0.5, 0.6) is 0 Å². The third kappa shape index (κ3) is 3.14. The van der Waals surface area contributed by atoms with Crippen LogP contribution in [0.25, 0.3) is 0 Å². The van der Waals surface area contributed by atoms with Gasteiger partial charge in [-0.3, -0.25) is 14.9 Å². The SMILES string of the molecule is N#Cc1ccc(CNC2CCC(=O)NC2=O)c(F)c1. The van der Waals surface area contributed by atoms with Crippen LogP contribution in [-0.4, -0.2) is 17.9 Å². The maximum atomic E-state index is 13.6. The van der Waals surface area contributed by atoms with Gasteiger partial charge in [0.05, 0.1) is 17.7 Å². The topological polar surface area (TPSA) is 82.0 Å². The first-order chi connectivity index (χ1) is 9.10. The summed E-state index contributed by atoms with van der Waals surface area (Å²) in [6.45, 7) is 0.170. The van der Waals surface area contributed by atoms with Crippen molar-refractivity contribution in [3.63, 3.8) is 0 Å².